The molecule has 0 radical (unpaired) electrons. The second kappa shape index (κ2) is 6.67. The van der Waals surface area contributed by atoms with Gasteiger partial charge in [-0.25, -0.2) is 4.79 Å². The smallest absolute Gasteiger partial charge is 0.354 e. The molecule has 26 heavy (non-hydrogen) atoms. The summed E-state index contributed by atoms with van der Waals surface area (Å²) in [5, 5.41) is 11.6. The molecule has 1 fully saturated rings. The van der Waals surface area contributed by atoms with Crippen LogP contribution in [0.1, 0.15) is 44.7 Å². The van der Waals surface area contributed by atoms with Crippen molar-refractivity contribution in [1.82, 2.24) is 5.06 Å². The number of hydrogen-bond donors (Lipinski definition) is 1. The topological polar surface area (TPSA) is 76.1 Å². The minimum absolute atomic E-state index is 0.0293. The maximum atomic E-state index is 12.2. The van der Waals surface area contributed by atoms with E-state index in [0.717, 1.165) is 12.8 Å². The number of esters is 1. The van der Waals surface area contributed by atoms with E-state index in [4.69, 9.17) is 4.84 Å². The van der Waals surface area contributed by atoms with Gasteiger partial charge in [0.2, 0.25) is 0 Å². The summed E-state index contributed by atoms with van der Waals surface area (Å²) in [7, 11) is 1.22. The third-order valence-corrected chi connectivity index (χ3v) is 6.53. The Balaban J connectivity index is 1.80. The fourth-order valence-electron chi connectivity index (χ4n) is 4.47. The molecule has 6 heteroatoms. The fraction of sp³-hybridized carbons (Fsp3) is 0.600. The van der Waals surface area contributed by atoms with Crippen LogP contribution in [0.5, 0.6) is 0 Å². The van der Waals surface area contributed by atoms with Gasteiger partial charge in [-0.05, 0) is 34.8 Å². The number of methoxy groups -OCH3 is 1. The van der Waals surface area contributed by atoms with Crippen LogP contribution in [0.2, 0.25) is 0 Å². The van der Waals surface area contributed by atoms with E-state index in [9.17, 15) is 14.7 Å². The summed E-state index contributed by atoms with van der Waals surface area (Å²) < 4.78 is 4.49. The molecule has 3 unspecified atom stereocenters. The normalized spacial score (nSPS) is 28.0. The van der Waals surface area contributed by atoms with Gasteiger partial charge >= 0.3 is 11.9 Å². The van der Waals surface area contributed by atoms with Crippen molar-refractivity contribution in [3.05, 3.63) is 35.4 Å². The van der Waals surface area contributed by atoms with Crippen LogP contribution in [0.3, 0.4) is 0 Å². The number of benzene rings is 1. The molecule has 3 atom stereocenters. The number of fused-ring (bicyclic) bond motifs is 2. The zero-order valence-electron chi connectivity index (χ0n) is 15.8. The summed E-state index contributed by atoms with van der Waals surface area (Å²) in [4.78, 5) is 29.0. The number of aliphatic hydroxyl groups excluding tert-OH is 1. The highest BCUT2D eigenvalue weighted by molar-refractivity contribution is 5.81. The Bertz CT molecular complexity index is 716. The van der Waals surface area contributed by atoms with Crippen LogP contribution in [-0.2, 0) is 31.0 Å². The molecular weight excluding hydrogens is 334 g/mol. The Kier molecular flexibility index (Phi) is 4.84. The van der Waals surface area contributed by atoms with Crippen molar-refractivity contribution in [1.29, 1.82) is 0 Å². The van der Waals surface area contributed by atoms with E-state index < -0.39 is 24.5 Å². The van der Waals surface area contributed by atoms with E-state index in [1.165, 1.54) is 18.2 Å². The number of carbonyl (C=O) groups is 2. The van der Waals surface area contributed by atoms with Crippen molar-refractivity contribution in [3.8, 4) is 0 Å². The molecule has 3 rings (SSSR count). The highest BCUT2D eigenvalue weighted by atomic mass is 16.7. The van der Waals surface area contributed by atoms with Crippen LogP contribution in [0.25, 0.3) is 0 Å². The summed E-state index contributed by atoms with van der Waals surface area (Å²) in [5.41, 5.74) is 2.48. The predicted molar refractivity (Wildman–Crippen MR) is 95.1 cm³/mol. The second-order valence-electron chi connectivity index (χ2n) is 8.02. The largest absolute Gasteiger partial charge is 0.469 e. The SMILES string of the molecule is COC(=O)CC(O)C(=O)ON1CCC2(C)C1Cc1ccccc1C2(C)C. The molecule has 0 amide bonds. The third-order valence-electron chi connectivity index (χ3n) is 6.53. The van der Waals surface area contributed by atoms with Crippen LogP contribution < -0.4 is 0 Å². The first kappa shape index (κ1) is 18.9. The van der Waals surface area contributed by atoms with E-state index in [0.29, 0.717) is 6.54 Å². The maximum Gasteiger partial charge on any atom is 0.354 e. The summed E-state index contributed by atoms with van der Waals surface area (Å²) in [6.07, 6.45) is -0.242. The average Bonchev–Trinajstić information content (AvgIpc) is 2.93. The Morgan fingerprint density at radius 3 is 2.69 bits per heavy atom. The number of nitrogens with zero attached hydrogens (tertiary/aromatic N) is 1. The first-order chi connectivity index (χ1) is 12.2. The van der Waals surface area contributed by atoms with Crippen molar-refractivity contribution < 1.29 is 24.3 Å². The van der Waals surface area contributed by atoms with Gasteiger partial charge in [0.1, 0.15) is 0 Å². The molecule has 1 aromatic rings. The van der Waals surface area contributed by atoms with Crippen LogP contribution >= 0.6 is 0 Å². The van der Waals surface area contributed by atoms with Crippen LogP contribution in [-0.4, -0.2) is 47.9 Å². The van der Waals surface area contributed by atoms with Crippen LogP contribution in [0.4, 0.5) is 0 Å². The van der Waals surface area contributed by atoms with E-state index in [1.807, 2.05) is 6.07 Å². The van der Waals surface area contributed by atoms with E-state index >= 15 is 0 Å². The van der Waals surface area contributed by atoms with Crippen molar-refractivity contribution in [3.63, 3.8) is 0 Å². The van der Waals surface area contributed by atoms with Gasteiger partial charge in [0.15, 0.2) is 6.10 Å². The van der Waals surface area contributed by atoms with Gasteiger partial charge in [0.05, 0.1) is 19.6 Å². The minimum Gasteiger partial charge on any atom is -0.469 e. The summed E-state index contributed by atoms with van der Waals surface area (Å²) in [5.74, 6) is -1.45. The zero-order valence-corrected chi connectivity index (χ0v) is 15.8. The van der Waals surface area contributed by atoms with Gasteiger partial charge in [-0.15, -0.1) is 5.06 Å². The molecule has 0 saturated carbocycles. The number of ether oxygens (including phenoxy) is 1. The molecular formula is C20H27NO5. The van der Waals surface area contributed by atoms with Gasteiger partial charge in [-0.1, -0.05) is 45.0 Å². The number of aliphatic hydroxyl groups is 1. The van der Waals surface area contributed by atoms with E-state index in [-0.39, 0.29) is 16.9 Å². The summed E-state index contributed by atoms with van der Waals surface area (Å²) in [6, 6.07) is 8.44. The van der Waals surface area contributed by atoms with Gasteiger partial charge < -0.3 is 14.7 Å². The van der Waals surface area contributed by atoms with Crippen molar-refractivity contribution in [2.24, 2.45) is 5.41 Å². The Morgan fingerprint density at radius 2 is 2.00 bits per heavy atom. The molecule has 2 aliphatic rings. The predicted octanol–water partition coefficient (Wildman–Crippen LogP) is 1.98. The highest BCUT2D eigenvalue weighted by Gasteiger charge is 2.57. The zero-order chi connectivity index (χ0) is 19.1. The van der Waals surface area contributed by atoms with Crippen LogP contribution in [0, 0.1) is 5.41 Å². The van der Waals surface area contributed by atoms with Crippen molar-refractivity contribution in [2.75, 3.05) is 13.7 Å². The number of carbonyl (C=O) groups excluding carboxylic acids is 2. The first-order valence-corrected chi connectivity index (χ1v) is 9.02. The lowest BCUT2D eigenvalue weighted by Crippen LogP contribution is -2.53. The fourth-order valence-corrected chi connectivity index (χ4v) is 4.47. The molecule has 1 aromatic carbocycles. The average molecular weight is 361 g/mol. The molecule has 1 heterocycles. The first-order valence-electron chi connectivity index (χ1n) is 9.02. The molecule has 1 saturated heterocycles. The molecule has 6 nitrogen and oxygen atoms in total. The monoisotopic (exact) mass is 361 g/mol. The van der Waals surface area contributed by atoms with E-state index in [1.54, 1.807) is 5.06 Å². The Hall–Kier alpha value is -1.92. The lowest BCUT2D eigenvalue weighted by atomic mass is 9.54. The second-order valence-corrected chi connectivity index (χ2v) is 8.02. The van der Waals surface area contributed by atoms with Crippen LogP contribution in [0.15, 0.2) is 24.3 Å². The van der Waals surface area contributed by atoms with Gasteiger partial charge in [0, 0.05) is 6.54 Å². The van der Waals surface area contributed by atoms with Gasteiger partial charge in [-0.2, -0.15) is 0 Å². The Morgan fingerprint density at radius 1 is 1.31 bits per heavy atom. The quantitative estimate of drug-likeness (QED) is 0.827. The highest BCUT2D eigenvalue weighted by Crippen LogP contribution is 2.56. The third kappa shape index (κ3) is 2.91. The standard InChI is InChI=1S/C20H27NO5/c1-19(2)14-8-6-5-7-13(14)11-16-20(19,3)9-10-21(16)26-18(24)15(22)12-17(23)25-4/h5-8,15-16,22H,9-12H2,1-4H3. The minimum atomic E-state index is -1.52. The lowest BCUT2D eigenvalue weighted by molar-refractivity contribution is -0.211. The lowest BCUT2D eigenvalue weighted by Gasteiger charge is -2.51. The number of hydroxylamine groups is 2. The molecule has 142 valence electrons. The Labute approximate surface area is 154 Å². The van der Waals surface area contributed by atoms with E-state index in [2.05, 4.69) is 43.7 Å². The summed E-state index contributed by atoms with van der Waals surface area (Å²) >= 11 is 0. The molecule has 1 aliphatic carbocycles. The molecule has 0 aromatic heterocycles. The maximum absolute atomic E-state index is 12.2. The number of hydrogen-bond acceptors (Lipinski definition) is 6. The molecule has 0 bridgehead atoms. The number of rotatable bonds is 4. The van der Waals surface area contributed by atoms with Gasteiger partial charge in [-0.3, -0.25) is 4.79 Å². The molecule has 1 aliphatic heterocycles. The van der Waals surface area contributed by atoms with Crippen molar-refractivity contribution >= 4 is 11.9 Å². The summed E-state index contributed by atoms with van der Waals surface area (Å²) in [6.45, 7) is 7.34. The van der Waals surface area contributed by atoms with Gasteiger partial charge in [0.25, 0.3) is 0 Å². The van der Waals surface area contributed by atoms with Crippen molar-refractivity contribution in [2.45, 2.75) is 57.6 Å². The molecule has 0 spiro atoms. The molecule has 1 N–H and O–H groups in total.